The first-order chi connectivity index (χ1) is 7.33. The minimum atomic E-state index is 0.385. The second-order valence-electron chi connectivity index (χ2n) is 3.14. The molecule has 0 amide bonds. The Morgan fingerprint density at radius 2 is 1.93 bits per heavy atom. The van der Waals surface area contributed by atoms with Gasteiger partial charge in [0.1, 0.15) is 0 Å². The van der Waals surface area contributed by atoms with Crippen LogP contribution >= 0.6 is 15.9 Å². The topological polar surface area (TPSA) is 48.8 Å². The van der Waals surface area contributed by atoms with Gasteiger partial charge in [-0.3, -0.25) is 0 Å². The Morgan fingerprint density at radius 3 is 2.67 bits per heavy atom. The van der Waals surface area contributed by atoms with Crippen LogP contribution in [0.4, 0.5) is 0 Å². The molecule has 4 heteroatoms. The van der Waals surface area contributed by atoms with Crippen molar-refractivity contribution in [2.24, 2.45) is 5.11 Å². The summed E-state index contributed by atoms with van der Waals surface area (Å²) in [5.74, 6) is 0. The number of fused-ring (bicyclic) bond motifs is 1. The van der Waals surface area contributed by atoms with Crippen molar-refractivity contribution < 1.29 is 0 Å². The van der Waals surface area contributed by atoms with Gasteiger partial charge in [0.2, 0.25) is 0 Å². The van der Waals surface area contributed by atoms with Crippen LogP contribution in [0.25, 0.3) is 21.2 Å². The van der Waals surface area contributed by atoms with Crippen LogP contribution in [0, 0.1) is 0 Å². The summed E-state index contributed by atoms with van der Waals surface area (Å²) in [5.41, 5.74) is 9.36. The van der Waals surface area contributed by atoms with Crippen molar-refractivity contribution in [2.75, 3.05) is 0 Å². The van der Waals surface area contributed by atoms with Crippen molar-refractivity contribution in [1.82, 2.24) is 0 Å². The molecule has 2 aromatic carbocycles. The van der Waals surface area contributed by atoms with E-state index in [0.717, 1.165) is 20.8 Å². The second-order valence-corrected chi connectivity index (χ2v) is 4.00. The maximum absolute atomic E-state index is 8.32. The zero-order chi connectivity index (χ0) is 10.7. The van der Waals surface area contributed by atoms with Gasteiger partial charge < -0.3 is 0 Å². The molecule has 0 aliphatic rings. The third kappa shape index (κ3) is 1.96. The number of hydrogen-bond donors (Lipinski definition) is 0. The molecular formula is C11H8BrN3. The lowest BCUT2D eigenvalue weighted by Crippen LogP contribution is -1.84. The number of benzene rings is 2. The number of azide groups is 1. The van der Waals surface area contributed by atoms with Crippen LogP contribution in [0.5, 0.6) is 0 Å². The van der Waals surface area contributed by atoms with Crippen LogP contribution < -0.4 is 0 Å². The van der Waals surface area contributed by atoms with E-state index in [0.29, 0.717) is 6.54 Å². The quantitative estimate of drug-likeness (QED) is 0.437. The SMILES string of the molecule is [N-]=[N+]=NCc1cccc2cccc(Br)c12. The third-order valence-electron chi connectivity index (χ3n) is 2.24. The zero-order valence-corrected chi connectivity index (χ0v) is 9.48. The molecule has 0 aliphatic heterocycles. The molecule has 0 fully saturated rings. The zero-order valence-electron chi connectivity index (χ0n) is 7.89. The maximum atomic E-state index is 8.32. The fourth-order valence-corrected chi connectivity index (χ4v) is 2.25. The van der Waals surface area contributed by atoms with Crippen molar-refractivity contribution in [1.29, 1.82) is 0 Å². The van der Waals surface area contributed by atoms with E-state index in [4.69, 9.17) is 5.53 Å². The van der Waals surface area contributed by atoms with E-state index in [1.807, 2.05) is 36.4 Å². The predicted octanol–water partition coefficient (Wildman–Crippen LogP) is 4.41. The highest BCUT2D eigenvalue weighted by molar-refractivity contribution is 9.10. The maximum Gasteiger partial charge on any atom is 0.0517 e. The summed E-state index contributed by atoms with van der Waals surface area (Å²) in [6.45, 7) is 0.385. The normalized spacial score (nSPS) is 9.93. The van der Waals surface area contributed by atoms with Crippen LogP contribution in [0.1, 0.15) is 5.56 Å². The lowest BCUT2D eigenvalue weighted by Gasteiger charge is -2.05. The molecule has 2 aromatic rings. The average Bonchev–Trinajstić information content (AvgIpc) is 2.26. The largest absolute Gasteiger partial charge is 0.0893 e. The second kappa shape index (κ2) is 4.34. The van der Waals surface area contributed by atoms with Gasteiger partial charge in [0.05, 0.1) is 6.54 Å². The Labute approximate surface area is 95.5 Å². The van der Waals surface area contributed by atoms with Crippen LogP contribution in [-0.2, 0) is 6.54 Å². The van der Waals surface area contributed by atoms with E-state index in [1.165, 1.54) is 0 Å². The minimum Gasteiger partial charge on any atom is -0.0893 e. The molecule has 0 aliphatic carbocycles. The molecule has 0 saturated heterocycles. The van der Waals surface area contributed by atoms with Crippen LogP contribution in [-0.4, -0.2) is 0 Å². The Balaban J connectivity index is 2.68. The Bertz CT molecular complexity index is 539. The van der Waals surface area contributed by atoms with Crippen molar-refractivity contribution in [3.8, 4) is 0 Å². The molecule has 0 radical (unpaired) electrons. The smallest absolute Gasteiger partial charge is 0.0517 e. The van der Waals surface area contributed by atoms with Gasteiger partial charge in [-0.2, -0.15) is 0 Å². The molecule has 74 valence electrons. The highest BCUT2D eigenvalue weighted by Gasteiger charge is 2.02. The lowest BCUT2D eigenvalue weighted by atomic mass is 10.1. The van der Waals surface area contributed by atoms with Gasteiger partial charge in [0.15, 0.2) is 0 Å². The van der Waals surface area contributed by atoms with Crippen LogP contribution in [0.2, 0.25) is 0 Å². The Morgan fingerprint density at radius 1 is 1.20 bits per heavy atom. The fourth-order valence-electron chi connectivity index (χ4n) is 1.61. The molecule has 0 atom stereocenters. The van der Waals surface area contributed by atoms with Crippen molar-refractivity contribution in [2.45, 2.75) is 6.54 Å². The monoisotopic (exact) mass is 261 g/mol. The highest BCUT2D eigenvalue weighted by atomic mass is 79.9. The molecule has 0 aromatic heterocycles. The average molecular weight is 262 g/mol. The molecule has 2 rings (SSSR count). The molecule has 0 N–H and O–H groups in total. The van der Waals surface area contributed by atoms with Crippen molar-refractivity contribution >= 4 is 26.7 Å². The molecular weight excluding hydrogens is 254 g/mol. The Hall–Kier alpha value is -1.51. The minimum absolute atomic E-state index is 0.385. The van der Waals surface area contributed by atoms with E-state index in [-0.39, 0.29) is 0 Å². The number of nitrogens with zero attached hydrogens (tertiary/aromatic N) is 3. The summed E-state index contributed by atoms with van der Waals surface area (Å²) in [5, 5.41) is 5.86. The summed E-state index contributed by atoms with van der Waals surface area (Å²) in [7, 11) is 0. The van der Waals surface area contributed by atoms with E-state index < -0.39 is 0 Å². The van der Waals surface area contributed by atoms with Crippen LogP contribution in [0.3, 0.4) is 0 Å². The van der Waals surface area contributed by atoms with E-state index in [2.05, 4.69) is 26.0 Å². The van der Waals surface area contributed by atoms with E-state index in [9.17, 15) is 0 Å². The first-order valence-corrected chi connectivity index (χ1v) is 5.29. The summed E-state index contributed by atoms with van der Waals surface area (Å²) in [4.78, 5) is 2.78. The molecule has 15 heavy (non-hydrogen) atoms. The first kappa shape index (κ1) is 10.0. The van der Waals surface area contributed by atoms with E-state index in [1.54, 1.807) is 0 Å². The summed E-state index contributed by atoms with van der Waals surface area (Å²) in [6, 6.07) is 12.0. The third-order valence-corrected chi connectivity index (χ3v) is 2.91. The van der Waals surface area contributed by atoms with Gasteiger partial charge in [-0.15, -0.1) is 0 Å². The van der Waals surface area contributed by atoms with Gasteiger partial charge in [0.25, 0.3) is 0 Å². The van der Waals surface area contributed by atoms with Crippen molar-refractivity contribution in [3.63, 3.8) is 0 Å². The molecule has 0 heterocycles. The first-order valence-electron chi connectivity index (χ1n) is 4.50. The van der Waals surface area contributed by atoms with Gasteiger partial charge in [-0.05, 0) is 27.9 Å². The van der Waals surface area contributed by atoms with Gasteiger partial charge >= 0.3 is 0 Å². The van der Waals surface area contributed by atoms with Gasteiger partial charge in [-0.1, -0.05) is 51.4 Å². The highest BCUT2D eigenvalue weighted by Crippen LogP contribution is 2.27. The van der Waals surface area contributed by atoms with E-state index >= 15 is 0 Å². The van der Waals surface area contributed by atoms with Crippen LogP contribution in [0.15, 0.2) is 46.0 Å². The predicted molar refractivity (Wildman–Crippen MR) is 64.5 cm³/mol. The molecule has 0 spiro atoms. The summed E-state index contributed by atoms with van der Waals surface area (Å²) in [6.07, 6.45) is 0. The van der Waals surface area contributed by atoms with Gasteiger partial charge in [0, 0.05) is 9.38 Å². The molecule has 0 bridgehead atoms. The van der Waals surface area contributed by atoms with Crippen molar-refractivity contribution in [3.05, 3.63) is 56.9 Å². The molecule has 0 unspecified atom stereocenters. The Kier molecular flexibility index (Phi) is 2.90. The fraction of sp³-hybridized carbons (Fsp3) is 0.0909. The standard InChI is InChI=1S/C11H8BrN3/c12-10-6-2-4-8-3-1-5-9(11(8)10)7-14-15-13/h1-6H,7H2. The van der Waals surface area contributed by atoms with Gasteiger partial charge in [-0.25, -0.2) is 0 Å². The number of halogens is 1. The lowest BCUT2D eigenvalue weighted by molar-refractivity contribution is 1.06. The number of hydrogen-bond acceptors (Lipinski definition) is 1. The molecule has 0 saturated carbocycles. The number of rotatable bonds is 2. The molecule has 3 nitrogen and oxygen atoms in total. The summed E-state index contributed by atoms with van der Waals surface area (Å²) >= 11 is 3.50. The summed E-state index contributed by atoms with van der Waals surface area (Å²) < 4.78 is 1.03.